The Balaban J connectivity index is 0.969. The molecule has 2 nitrogen and oxygen atoms in total. The van der Waals surface area contributed by atoms with Gasteiger partial charge in [-0.25, -0.2) is 0 Å². The molecule has 0 atom stereocenters. The Morgan fingerprint density at radius 2 is 0.707 bits per heavy atom. The van der Waals surface area contributed by atoms with Gasteiger partial charge in [0.15, 0.2) is 0 Å². The van der Waals surface area contributed by atoms with Crippen molar-refractivity contribution in [2.24, 2.45) is 0 Å². The summed E-state index contributed by atoms with van der Waals surface area (Å²) in [6.07, 6.45) is 0. The zero-order valence-electron chi connectivity index (χ0n) is 31.7. The number of benzene rings is 10. The molecule has 0 saturated carbocycles. The number of hydrogen-bond acceptors (Lipinski definition) is 2. The van der Waals surface area contributed by atoms with Crippen LogP contribution in [0.3, 0.4) is 0 Å². The Morgan fingerprint density at radius 3 is 1.22 bits per heavy atom. The zero-order valence-corrected chi connectivity index (χ0v) is 31.7. The summed E-state index contributed by atoms with van der Waals surface area (Å²) in [7, 11) is 0. The van der Waals surface area contributed by atoms with Crippen molar-refractivity contribution >= 4 is 49.8 Å². The fraction of sp³-hybridized carbons (Fsp3) is 0. The van der Waals surface area contributed by atoms with E-state index < -0.39 is 0 Å². The first-order chi connectivity index (χ1) is 28.7. The van der Waals surface area contributed by atoms with Gasteiger partial charge >= 0.3 is 0 Å². The normalized spacial score (nSPS) is 11.4. The van der Waals surface area contributed by atoms with Gasteiger partial charge in [0.25, 0.3) is 0 Å². The molecule has 0 spiro atoms. The number of furan rings is 1. The number of hydrogen-bond donors (Lipinski definition) is 0. The summed E-state index contributed by atoms with van der Waals surface area (Å²) in [6, 6.07) is 80.6. The highest BCUT2D eigenvalue weighted by atomic mass is 16.3. The molecule has 0 radical (unpaired) electrons. The van der Waals surface area contributed by atoms with Gasteiger partial charge in [0.05, 0.1) is 0 Å². The fourth-order valence-corrected chi connectivity index (χ4v) is 8.56. The van der Waals surface area contributed by atoms with Crippen LogP contribution in [0.5, 0.6) is 0 Å². The number of nitrogens with zero attached hydrogens (tertiary/aromatic N) is 1. The highest BCUT2D eigenvalue weighted by molar-refractivity contribution is 6.24. The predicted octanol–water partition coefficient (Wildman–Crippen LogP) is 16.0. The number of anilines is 3. The lowest BCUT2D eigenvalue weighted by atomic mass is 9.94. The van der Waals surface area contributed by atoms with Gasteiger partial charge in [-0.2, -0.15) is 0 Å². The molecule has 1 aromatic heterocycles. The van der Waals surface area contributed by atoms with Crippen LogP contribution in [0, 0.1) is 0 Å². The second kappa shape index (κ2) is 14.1. The molecule has 0 aliphatic carbocycles. The van der Waals surface area contributed by atoms with E-state index in [1.54, 1.807) is 0 Å². The minimum atomic E-state index is 0.929. The average Bonchev–Trinajstić information content (AvgIpc) is 3.70. The molecule has 2 heteroatoms. The smallest absolute Gasteiger partial charge is 0.136 e. The maximum atomic E-state index is 6.27. The molecule has 0 aliphatic rings. The summed E-state index contributed by atoms with van der Waals surface area (Å²) < 4.78 is 6.27. The van der Waals surface area contributed by atoms with E-state index in [9.17, 15) is 0 Å². The van der Waals surface area contributed by atoms with Crippen LogP contribution in [0.4, 0.5) is 17.1 Å². The van der Waals surface area contributed by atoms with Gasteiger partial charge in [0, 0.05) is 27.8 Å². The summed E-state index contributed by atoms with van der Waals surface area (Å²) in [6.45, 7) is 0. The van der Waals surface area contributed by atoms with Crippen molar-refractivity contribution < 1.29 is 4.42 Å². The first kappa shape index (κ1) is 33.6. The van der Waals surface area contributed by atoms with Gasteiger partial charge < -0.3 is 9.32 Å². The van der Waals surface area contributed by atoms with Crippen molar-refractivity contribution in [1.29, 1.82) is 0 Å². The lowest BCUT2D eigenvalue weighted by Crippen LogP contribution is -2.09. The third-order valence-electron chi connectivity index (χ3n) is 11.5. The molecule has 58 heavy (non-hydrogen) atoms. The molecule has 0 aliphatic heterocycles. The molecule has 0 fully saturated rings. The Morgan fingerprint density at radius 1 is 0.276 bits per heavy atom. The van der Waals surface area contributed by atoms with E-state index in [1.807, 2.05) is 0 Å². The van der Waals surface area contributed by atoms with Crippen molar-refractivity contribution in [1.82, 2.24) is 0 Å². The summed E-state index contributed by atoms with van der Waals surface area (Å²) in [5.74, 6) is 0. The third-order valence-corrected chi connectivity index (χ3v) is 11.5. The Hall–Kier alpha value is -7.68. The summed E-state index contributed by atoms with van der Waals surface area (Å²) in [4.78, 5) is 2.35. The second-order valence-electron chi connectivity index (χ2n) is 14.9. The highest BCUT2D eigenvalue weighted by Crippen LogP contribution is 2.43. The molecule has 10 aromatic carbocycles. The van der Waals surface area contributed by atoms with Crippen molar-refractivity contribution in [3.05, 3.63) is 224 Å². The molecule has 11 rings (SSSR count). The molecule has 272 valence electrons. The van der Waals surface area contributed by atoms with Gasteiger partial charge in [-0.15, -0.1) is 0 Å². The van der Waals surface area contributed by atoms with Crippen LogP contribution in [0.2, 0.25) is 0 Å². The molecule has 1 heterocycles. The first-order valence-corrected chi connectivity index (χ1v) is 19.8. The monoisotopic (exact) mass is 739 g/mol. The van der Waals surface area contributed by atoms with Crippen LogP contribution >= 0.6 is 0 Å². The molecule has 0 bridgehead atoms. The lowest BCUT2D eigenvalue weighted by molar-refractivity contribution is 0.669. The molecule has 0 N–H and O–H groups in total. The summed E-state index contributed by atoms with van der Waals surface area (Å²) >= 11 is 0. The highest BCUT2D eigenvalue weighted by Gasteiger charge is 2.18. The first-order valence-electron chi connectivity index (χ1n) is 19.8. The van der Waals surface area contributed by atoms with E-state index in [4.69, 9.17) is 4.42 Å². The third kappa shape index (κ3) is 6.00. The van der Waals surface area contributed by atoms with Crippen molar-refractivity contribution in [2.45, 2.75) is 0 Å². The van der Waals surface area contributed by atoms with Gasteiger partial charge in [0.2, 0.25) is 0 Å². The molecular weight excluding hydrogens is 703 g/mol. The van der Waals surface area contributed by atoms with E-state index in [2.05, 4.69) is 229 Å². The maximum Gasteiger partial charge on any atom is 0.136 e. The number of rotatable bonds is 8. The summed E-state index contributed by atoms with van der Waals surface area (Å²) in [5, 5.41) is 4.81. The van der Waals surface area contributed by atoms with Crippen LogP contribution in [-0.2, 0) is 0 Å². The Kier molecular flexibility index (Phi) is 8.19. The Labute approximate surface area is 337 Å². The molecule has 0 amide bonds. The topological polar surface area (TPSA) is 16.4 Å². The van der Waals surface area contributed by atoms with Crippen LogP contribution in [-0.4, -0.2) is 0 Å². The van der Waals surface area contributed by atoms with Crippen molar-refractivity contribution in [3.63, 3.8) is 0 Å². The Bertz CT molecular complexity index is 3050. The van der Waals surface area contributed by atoms with E-state index >= 15 is 0 Å². The molecular formula is C56H37NO. The maximum absolute atomic E-state index is 6.27. The quantitative estimate of drug-likeness (QED) is 0.144. The predicted molar refractivity (Wildman–Crippen MR) is 244 cm³/mol. The van der Waals surface area contributed by atoms with Gasteiger partial charge in [-0.05, 0) is 127 Å². The van der Waals surface area contributed by atoms with E-state index in [-0.39, 0.29) is 0 Å². The van der Waals surface area contributed by atoms with Crippen LogP contribution in [0.1, 0.15) is 0 Å². The van der Waals surface area contributed by atoms with Crippen LogP contribution in [0.15, 0.2) is 229 Å². The lowest BCUT2D eigenvalue weighted by Gasteiger charge is -2.26. The van der Waals surface area contributed by atoms with E-state index in [0.29, 0.717) is 0 Å². The minimum absolute atomic E-state index is 0.929. The molecule has 0 saturated heterocycles. The SMILES string of the molecule is c1ccc(-c2cccc(-c3ccc(N(c4ccc(-c5cccc(-c6ccccc6)c5)cc4)c4ccc(-c5ccc6oc7cccc8ccc5c6c87)cc4)cc3)c2)cc1. The van der Waals surface area contributed by atoms with Gasteiger partial charge in [0.1, 0.15) is 11.2 Å². The standard InChI is InChI=1S/C56H37NO/c1-3-10-38(11-4-1)44-15-7-17-46(36-44)40-20-27-48(28-21-40)57(49-29-22-41(23-30-49)47-18-8-16-45(37-47)39-12-5-2-6-13-39)50-31-24-42(25-32-50)51-34-35-54-56-52(51)33-26-43-14-9-19-53(58-54)55(43)56/h1-37H. The van der Waals surface area contributed by atoms with E-state index in [0.717, 1.165) is 28.2 Å². The fourth-order valence-electron chi connectivity index (χ4n) is 8.56. The van der Waals surface area contributed by atoms with E-state index in [1.165, 1.54) is 77.2 Å². The minimum Gasteiger partial charge on any atom is -0.456 e. The van der Waals surface area contributed by atoms with Crippen molar-refractivity contribution in [2.75, 3.05) is 4.90 Å². The van der Waals surface area contributed by atoms with Gasteiger partial charge in [-0.1, -0.05) is 164 Å². The summed E-state index contributed by atoms with van der Waals surface area (Å²) in [5.41, 5.74) is 17.1. The van der Waals surface area contributed by atoms with Crippen LogP contribution < -0.4 is 4.90 Å². The zero-order chi connectivity index (χ0) is 38.4. The largest absolute Gasteiger partial charge is 0.456 e. The van der Waals surface area contributed by atoms with Crippen LogP contribution in [0.25, 0.3) is 88.3 Å². The van der Waals surface area contributed by atoms with Gasteiger partial charge in [-0.3, -0.25) is 0 Å². The molecule has 11 aromatic rings. The average molecular weight is 740 g/mol. The second-order valence-corrected chi connectivity index (χ2v) is 14.9. The molecule has 0 unspecified atom stereocenters. The van der Waals surface area contributed by atoms with Crippen molar-refractivity contribution in [3.8, 4) is 55.6 Å².